The van der Waals surface area contributed by atoms with E-state index in [2.05, 4.69) is 10.1 Å². The van der Waals surface area contributed by atoms with Gasteiger partial charge in [0.2, 0.25) is 0 Å². The average Bonchev–Trinajstić information content (AvgIpc) is 2.84. The van der Waals surface area contributed by atoms with Crippen molar-refractivity contribution in [1.82, 2.24) is 9.66 Å². The second-order valence-corrected chi connectivity index (χ2v) is 6.84. The molecule has 4 aromatic rings. The minimum atomic E-state index is -1.04. The van der Waals surface area contributed by atoms with Gasteiger partial charge < -0.3 is 4.74 Å². The largest absolute Gasteiger partial charge is 0.422 e. The predicted octanol–water partition coefficient (Wildman–Crippen LogP) is 3.31. The molecule has 0 saturated carbocycles. The van der Waals surface area contributed by atoms with Crippen molar-refractivity contribution in [2.45, 2.75) is 0 Å². The Labute approximate surface area is 189 Å². The highest BCUT2D eigenvalue weighted by molar-refractivity contribution is 5.94. The molecule has 0 aliphatic rings. The zero-order valence-corrected chi connectivity index (χ0v) is 17.1. The number of fused-ring (bicyclic) bond motifs is 1. The van der Waals surface area contributed by atoms with Gasteiger partial charge in [0.15, 0.2) is 0 Å². The fourth-order valence-electron chi connectivity index (χ4n) is 3.03. The molecule has 0 unspecified atom stereocenters. The molecule has 4 rings (SSSR count). The molecule has 12 nitrogen and oxygen atoms in total. The van der Waals surface area contributed by atoms with Crippen LogP contribution >= 0.6 is 0 Å². The number of non-ortho nitro benzene ring substituents is 2. The second kappa shape index (κ2) is 9.08. The van der Waals surface area contributed by atoms with E-state index < -0.39 is 32.7 Å². The fraction of sp³-hybridized carbons (Fsp3) is 0. The van der Waals surface area contributed by atoms with Crippen LogP contribution in [0.5, 0.6) is 5.75 Å². The highest BCUT2D eigenvalue weighted by Crippen LogP contribution is 2.24. The number of rotatable bonds is 6. The molecule has 1 aromatic heterocycles. The topological polar surface area (TPSA) is 160 Å². The molecule has 0 fully saturated rings. The number of nitro groups is 2. The van der Waals surface area contributed by atoms with Gasteiger partial charge in [0, 0.05) is 17.7 Å². The summed E-state index contributed by atoms with van der Waals surface area (Å²) in [4.78, 5) is 49.8. The van der Waals surface area contributed by atoms with E-state index in [4.69, 9.17) is 4.74 Å². The Bertz CT molecular complexity index is 1510. The summed E-state index contributed by atoms with van der Waals surface area (Å²) >= 11 is 0. The summed E-state index contributed by atoms with van der Waals surface area (Å²) in [6.07, 6.45) is 2.52. The number of carbonyl (C=O) groups is 1. The lowest BCUT2D eigenvalue weighted by atomic mass is 10.1. The number of para-hydroxylation sites is 2. The summed E-state index contributed by atoms with van der Waals surface area (Å²) < 4.78 is 6.33. The van der Waals surface area contributed by atoms with Gasteiger partial charge in [0.25, 0.3) is 16.9 Å². The number of aromatic nitrogens is 2. The van der Waals surface area contributed by atoms with Crippen LogP contribution in [0.3, 0.4) is 0 Å². The van der Waals surface area contributed by atoms with Gasteiger partial charge in [-0.05, 0) is 24.3 Å². The average molecular weight is 459 g/mol. The first kappa shape index (κ1) is 22.0. The van der Waals surface area contributed by atoms with Crippen molar-refractivity contribution in [3.8, 4) is 5.75 Å². The van der Waals surface area contributed by atoms with Crippen molar-refractivity contribution in [2.75, 3.05) is 0 Å². The minimum Gasteiger partial charge on any atom is -0.422 e. The highest BCUT2D eigenvalue weighted by Gasteiger charge is 2.21. The predicted molar refractivity (Wildman–Crippen MR) is 120 cm³/mol. The van der Waals surface area contributed by atoms with E-state index >= 15 is 0 Å². The van der Waals surface area contributed by atoms with Crippen LogP contribution in [0.2, 0.25) is 0 Å². The monoisotopic (exact) mass is 459 g/mol. The summed E-state index contributed by atoms with van der Waals surface area (Å²) in [5.41, 5.74) is -1.21. The molecule has 168 valence electrons. The maximum Gasteiger partial charge on any atom is 0.344 e. The van der Waals surface area contributed by atoms with Crippen molar-refractivity contribution < 1.29 is 19.4 Å². The first-order valence-corrected chi connectivity index (χ1v) is 9.59. The van der Waals surface area contributed by atoms with Crippen molar-refractivity contribution in [2.24, 2.45) is 5.10 Å². The number of nitrogens with zero attached hydrogens (tertiary/aromatic N) is 5. The van der Waals surface area contributed by atoms with Crippen molar-refractivity contribution >= 4 is 34.5 Å². The van der Waals surface area contributed by atoms with Gasteiger partial charge in [-0.25, -0.2) is 9.78 Å². The Morgan fingerprint density at radius 3 is 2.32 bits per heavy atom. The normalized spacial score (nSPS) is 10.9. The van der Waals surface area contributed by atoms with E-state index in [0.717, 1.165) is 22.9 Å². The van der Waals surface area contributed by atoms with Crippen LogP contribution in [0.1, 0.15) is 15.9 Å². The minimum absolute atomic E-state index is 0.0206. The van der Waals surface area contributed by atoms with Crippen molar-refractivity contribution in [1.29, 1.82) is 0 Å². The lowest BCUT2D eigenvalue weighted by Gasteiger charge is -2.07. The third-order valence-corrected chi connectivity index (χ3v) is 4.65. The molecular formula is C22H13N5O7. The molecule has 0 saturated heterocycles. The maximum atomic E-state index is 12.6. The molecule has 3 aromatic carbocycles. The molecule has 0 spiro atoms. The van der Waals surface area contributed by atoms with E-state index in [1.807, 2.05) is 0 Å². The molecule has 0 amide bonds. The SMILES string of the molecule is O=C(Oc1ccccc1/C=N\n1cnc2ccccc2c1=O)c1cc([N+](=O)[O-])cc([N+](=O)[O-])c1. The Kier molecular flexibility index (Phi) is 5.86. The molecule has 0 radical (unpaired) electrons. The number of carbonyl (C=O) groups excluding carboxylic acids is 1. The zero-order chi connectivity index (χ0) is 24.2. The number of hydrogen-bond acceptors (Lipinski definition) is 9. The lowest BCUT2D eigenvalue weighted by Crippen LogP contribution is -2.17. The summed E-state index contributed by atoms with van der Waals surface area (Å²) in [6.45, 7) is 0. The third kappa shape index (κ3) is 4.50. The van der Waals surface area contributed by atoms with Gasteiger partial charge in [-0.3, -0.25) is 25.0 Å². The number of hydrogen-bond donors (Lipinski definition) is 0. The standard InChI is InChI=1S/C22H13N5O7/c28-21-18-6-2-3-7-19(18)23-13-25(21)24-12-14-5-1-4-8-20(14)34-22(29)15-9-16(26(30)31)11-17(10-15)27(32)33/h1-13H/b24-12-. The van der Waals surface area contributed by atoms with Crippen LogP contribution in [0, 0.1) is 20.2 Å². The van der Waals surface area contributed by atoms with E-state index in [1.165, 1.54) is 18.6 Å². The molecule has 34 heavy (non-hydrogen) atoms. The maximum absolute atomic E-state index is 12.6. The van der Waals surface area contributed by atoms with Crippen LogP contribution in [0.25, 0.3) is 10.9 Å². The Morgan fingerprint density at radius 2 is 1.62 bits per heavy atom. The summed E-state index contributed by atoms with van der Waals surface area (Å²) in [5.74, 6) is -1.02. The number of ether oxygens (including phenoxy) is 1. The Hall–Kier alpha value is -5.26. The number of esters is 1. The van der Waals surface area contributed by atoms with Crippen molar-refractivity contribution in [3.05, 3.63) is 115 Å². The quantitative estimate of drug-likeness (QED) is 0.139. The van der Waals surface area contributed by atoms with E-state index in [1.54, 1.807) is 42.5 Å². The summed E-state index contributed by atoms with van der Waals surface area (Å²) in [6, 6.07) is 15.5. The molecule has 0 aliphatic carbocycles. The van der Waals surface area contributed by atoms with Gasteiger partial charge >= 0.3 is 5.97 Å². The van der Waals surface area contributed by atoms with E-state index in [-0.39, 0.29) is 11.3 Å². The smallest absolute Gasteiger partial charge is 0.344 e. The number of nitro benzene ring substituents is 2. The summed E-state index contributed by atoms with van der Waals surface area (Å²) in [5, 5.41) is 26.6. The van der Waals surface area contributed by atoms with Gasteiger partial charge in [-0.1, -0.05) is 24.3 Å². The van der Waals surface area contributed by atoms with Gasteiger partial charge in [0.05, 0.1) is 38.6 Å². The van der Waals surface area contributed by atoms with Crippen molar-refractivity contribution in [3.63, 3.8) is 0 Å². The molecule has 0 aliphatic heterocycles. The van der Waals surface area contributed by atoms with Crippen LogP contribution in [0.15, 0.2) is 83.0 Å². The van der Waals surface area contributed by atoms with E-state index in [9.17, 15) is 29.8 Å². The Morgan fingerprint density at radius 1 is 0.971 bits per heavy atom. The molecule has 12 heteroatoms. The lowest BCUT2D eigenvalue weighted by molar-refractivity contribution is -0.394. The second-order valence-electron chi connectivity index (χ2n) is 6.84. The van der Waals surface area contributed by atoms with Crippen LogP contribution in [-0.2, 0) is 0 Å². The molecular weight excluding hydrogens is 446 g/mol. The molecule has 0 N–H and O–H groups in total. The van der Waals surface area contributed by atoms with Crippen LogP contribution in [-0.4, -0.2) is 31.7 Å². The van der Waals surface area contributed by atoms with E-state index in [0.29, 0.717) is 16.5 Å². The Balaban J connectivity index is 1.65. The zero-order valence-electron chi connectivity index (χ0n) is 17.1. The summed E-state index contributed by atoms with van der Waals surface area (Å²) in [7, 11) is 0. The third-order valence-electron chi connectivity index (χ3n) is 4.65. The molecule has 0 atom stereocenters. The first-order valence-electron chi connectivity index (χ1n) is 9.59. The van der Waals surface area contributed by atoms with Gasteiger partial charge in [0.1, 0.15) is 12.1 Å². The molecule has 0 bridgehead atoms. The number of benzene rings is 3. The molecule has 1 heterocycles. The van der Waals surface area contributed by atoms with Crippen LogP contribution < -0.4 is 10.3 Å². The van der Waals surface area contributed by atoms with Gasteiger partial charge in [-0.2, -0.15) is 9.78 Å². The highest BCUT2D eigenvalue weighted by atomic mass is 16.6. The first-order chi connectivity index (χ1) is 16.3. The fourth-order valence-corrected chi connectivity index (χ4v) is 3.03. The van der Waals surface area contributed by atoms with Gasteiger partial charge in [-0.15, -0.1) is 0 Å². The van der Waals surface area contributed by atoms with Crippen LogP contribution in [0.4, 0.5) is 11.4 Å².